The second-order valence-electron chi connectivity index (χ2n) is 5.09. The Labute approximate surface area is 142 Å². The number of hydrogen-bond acceptors (Lipinski definition) is 5. The van der Waals surface area contributed by atoms with Gasteiger partial charge in [0, 0.05) is 16.8 Å². The van der Waals surface area contributed by atoms with E-state index in [-0.39, 0.29) is 16.5 Å². The van der Waals surface area contributed by atoms with Crippen LogP contribution in [0.25, 0.3) is 0 Å². The highest BCUT2D eigenvalue weighted by Gasteiger charge is 2.31. The molecule has 2 aromatic carbocycles. The lowest BCUT2D eigenvalue weighted by molar-refractivity contribution is 0.0600. The first-order valence-electron chi connectivity index (χ1n) is 7.06. The molecule has 0 aliphatic heterocycles. The minimum atomic E-state index is -0.461. The predicted octanol–water partition coefficient (Wildman–Crippen LogP) is 3.41. The molecular weight excluding hydrogens is 330 g/mol. The molecule has 0 spiro atoms. The van der Waals surface area contributed by atoms with Crippen LogP contribution in [0.5, 0.6) is 0 Å². The number of carbonyl (C=O) groups is 3. The van der Waals surface area contributed by atoms with E-state index in [1.807, 2.05) is 0 Å². The van der Waals surface area contributed by atoms with Crippen molar-refractivity contribution in [2.24, 2.45) is 0 Å². The van der Waals surface area contributed by atoms with Crippen LogP contribution in [0.15, 0.2) is 59.3 Å². The van der Waals surface area contributed by atoms with E-state index in [2.05, 4.69) is 10.1 Å². The summed E-state index contributed by atoms with van der Waals surface area (Å²) >= 11 is 6.08. The Bertz CT molecular complexity index is 884. The van der Waals surface area contributed by atoms with Gasteiger partial charge in [-0.3, -0.25) is 9.59 Å². The van der Waals surface area contributed by atoms with Crippen LogP contribution in [0.3, 0.4) is 0 Å². The molecule has 0 fully saturated rings. The first-order chi connectivity index (χ1) is 11.5. The molecule has 0 radical (unpaired) electrons. The maximum atomic E-state index is 12.6. The standard InChI is InChI=1S/C18H12ClNO4/c1-24-18(23)10-6-8-11(9-7-10)20-15-14(19)16(21)12-4-2-3-5-13(12)17(15)22/h2-9,20H,1H3. The van der Waals surface area contributed by atoms with E-state index < -0.39 is 11.8 Å². The number of anilines is 1. The Kier molecular flexibility index (Phi) is 4.18. The molecule has 2 aromatic rings. The first-order valence-corrected chi connectivity index (χ1v) is 7.44. The minimum absolute atomic E-state index is 0.0196. The molecule has 0 atom stereocenters. The number of esters is 1. The summed E-state index contributed by atoms with van der Waals surface area (Å²) < 4.78 is 4.62. The molecule has 6 heteroatoms. The molecule has 3 rings (SSSR count). The minimum Gasteiger partial charge on any atom is -0.465 e. The van der Waals surface area contributed by atoms with Crippen LogP contribution in [0.2, 0.25) is 0 Å². The van der Waals surface area contributed by atoms with Gasteiger partial charge in [-0.05, 0) is 24.3 Å². The smallest absolute Gasteiger partial charge is 0.337 e. The summed E-state index contributed by atoms with van der Waals surface area (Å²) in [6.45, 7) is 0. The number of Topliss-reactive ketones (excluding diaryl/α,β-unsaturated/α-hetero) is 2. The molecular formula is C18H12ClNO4. The number of benzene rings is 2. The van der Waals surface area contributed by atoms with Gasteiger partial charge in [-0.25, -0.2) is 4.79 Å². The molecule has 0 bridgehead atoms. The van der Waals surface area contributed by atoms with E-state index >= 15 is 0 Å². The molecule has 0 heterocycles. The number of fused-ring (bicyclic) bond motifs is 1. The summed E-state index contributed by atoms with van der Waals surface area (Å²) in [5.41, 5.74) is 1.52. The number of rotatable bonds is 3. The van der Waals surface area contributed by atoms with Crippen molar-refractivity contribution in [1.29, 1.82) is 0 Å². The van der Waals surface area contributed by atoms with Gasteiger partial charge in [-0.15, -0.1) is 0 Å². The zero-order valence-electron chi connectivity index (χ0n) is 12.6. The molecule has 24 heavy (non-hydrogen) atoms. The summed E-state index contributed by atoms with van der Waals surface area (Å²) in [6, 6.07) is 12.8. The normalized spacial score (nSPS) is 13.6. The molecule has 0 aromatic heterocycles. The zero-order valence-corrected chi connectivity index (χ0v) is 13.4. The van der Waals surface area contributed by atoms with Crippen LogP contribution in [-0.2, 0) is 4.74 Å². The van der Waals surface area contributed by atoms with Crippen LogP contribution in [0, 0.1) is 0 Å². The van der Waals surface area contributed by atoms with E-state index in [9.17, 15) is 14.4 Å². The van der Waals surface area contributed by atoms with Crippen LogP contribution in [0.1, 0.15) is 31.1 Å². The number of methoxy groups -OCH3 is 1. The number of hydrogen-bond donors (Lipinski definition) is 1. The summed E-state index contributed by atoms with van der Waals surface area (Å²) in [7, 11) is 1.29. The zero-order chi connectivity index (χ0) is 17.3. The predicted molar refractivity (Wildman–Crippen MR) is 89.4 cm³/mol. The number of carbonyl (C=O) groups excluding carboxylic acids is 3. The molecule has 120 valence electrons. The van der Waals surface area contributed by atoms with E-state index in [1.165, 1.54) is 7.11 Å². The highest BCUT2D eigenvalue weighted by Crippen LogP contribution is 2.29. The highest BCUT2D eigenvalue weighted by molar-refractivity contribution is 6.50. The third-order valence-electron chi connectivity index (χ3n) is 3.64. The van der Waals surface area contributed by atoms with Gasteiger partial charge in [0.05, 0.1) is 12.7 Å². The van der Waals surface area contributed by atoms with Crippen LogP contribution < -0.4 is 5.32 Å². The molecule has 1 aliphatic rings. The Hall–Kier alpha value is -2.92. The number of halogens is 1. The SMILES string of the molecule is COC(=O)c1ccc(NC2=C(Cl)C(=O)c3ccccc3C2=O)cc1. The van der Waals surface area contributed by atoms with Gasteiger partial charge in [0.15, 0.2) is 0 Å². The fourth-order valence-electron chi connectivity index (χ4n) is 2.41. The van der Waals surface area contributed by atoms with Crippen LogP contribution in [-0.4, -0.2) is 24.6 Å². The lowest BCUT2D eigenvalue weighted by Gasteiger charge is -2.19. The molecule has 0 saturated carbocycles. The van der Waals surface area contributed by atoms with Gasteiger partial charge in [-0.2, -0.15) is 0 Å². The van der Waals surface area contributed by atoms with Crippen molar-refractivity contribution >= 4 is 34.8 Å². The van der Waals surface area contributed by atoms with E-state index in [1.54, 1.807) is 48.5 Å². The molecule has 0 unspecified atom stereocenters. The van der Waals surface area contributed by atoms with Crippen molar-refractivity contribution in [2.45, 2.75) is 0 Å². The number of nitrogens with one attached hydrogen (secondary N) is 1. The Morgan fingerprint density at radius 3 is 2.12 bits per heavy atom. The van der Waals surface area contributed by atoms with Gasteiger partial charge in [0.2, 0.25) is 11.6 Å². The average molecular weight is 342 g/mol. The third-order valence-corrected chi connectivity index (χ3v) is 4.00. The van der Waals surface area contributed by atoms with E-state index in [0.717, 1.165) is 0 Å². The van der Waals surface area contributed by atoms with Crippen molar-refractivity contribution in [3.63, 3.8) is 0 Å². The molecule has 5 nitrogen and oxygen atoms in total. The Morgan fingerprint density at radius 1 is 0.958 bits per heavy atom. The summed E-state index contributed by atoms with van der Waals surface area (Å²) in [4.78, 5) is 36.3. The van der Waals surface area contributed by atoms with Gasteiger partial charge in [0.1, 0.15) is 10.7 Å². The van der Waals surface area contributed by atoms with E-state index in [0.29, 0.717) is 22.4 Å². The van der Waals surface area contributed by atoms with Crippen molar-refractivity contribution in [3.05, 3.63) is 76.0 Å². The third kappa shape index (κ3) is 2.70. The molecule has 1 N–H and O–H groups in total. The van der Waals surface area contributed by atoms with Crippen molar-refractivity contribution in [2.75, 3.05) is 12.4 Å². The average Bonchev–Trinajstić information content (AvgIpc) is 2.63. The largest absolute Gasteiger partial charge is 0.465 e. The second kappa shape index (κ2) is 6.29. The number of ether oxygens (including phenoxy) is 1. The van der Waals surface area contributed by atoms with Gasteiger partial charge < -0.3 is 10.1 Å². The first kappa shape index (κ1) is 16.0. The van der Waals surface area contributed by atoms with Gasteiger partial charge in [0.25, 0.3) is 0 Å². The molecule has 0 amide bonds. The topological polar surface area (TPSA) is 72.5 Å². The second-order valence-corrected chi connectivity index (χ2v) is 5.46. The summed E-state index contributed by atoms with van der Waals surface area (Å²) in [5.74, 6) is -1.22. The number of allylic oxidation sites excluding steroid dienone is 2. The van der Waals surface area contributed by atoms with Crippen molar-refractivity contribution in [1.82, 2.24) is 0 Å². The summed E-state index contributed by atoms with van der Waals surface area (Å²) in [5, 5.41) is 2.70. The van der Waals surface area contributed by atoms with Gasteiger partial charge in [-0.1, -0.05) is 35.9 Å². The van der Waals surface area contributed by atoms with Crippen LogP contribution >= 0.6 is 11.6 Å². The quantitative estimate of drug-likeness (QED) is 0.866. The highest BCUT2D eigenvalue weighted by atomic mass is 35.5. The van der Waals surface area contributed by atoms with Gasteiger partial charge >= 0.3 is 5.97 Å². The Morgan fingerprint density at radius 2 is 1.54 bits per heavy atom. The summed E-state index contributed by atoms with van der Waals surface area (Å²) in [6.07, 6.45) is 0. The van der Waals surface area contributed by atoms with Crippen molar-refractivity contribution in [3.8, 4) is 0 Å². The molecule has 1 aliphatic carbocycles. The molecule has 0 saturated heterocycles. The fraction of sp³-hybridized carbons (Fsp3) is 0.0556. The monoisotopic (exact) mass is 341 g/mol. The van der Waals surface area contributed by atoms with Crippen LogP contribution in [0.4, 0.5) is 5.69 Å². The van der Waals surface area contributed by atoms with Crippen molar-refractivity contribution < 1.29 is 19.1 Å². The lowest BCUT2D eigenvalue weighted by Crippen LogP contribution is -2.24. The number of ketones is 2. The maximum Gasteiger partial charge on any atom is 0.337 e. The van der Waals surface area contributed by atoms with E-state index in [4.69, 9.17) is 11.6 Å². The Balaban J connectivity index is 1.92. The lowest BCUT2D eigenvalue weighted by atomic mass is 9.92. The fourth-order valence-corrected chi connectivity index (χ4v) is 2.64. The maximum absolute atomic E-state index is 12.6.